The van der Waals surface area contributed by atoms with Crippen molar-refractivity contribution in [3.05, 3.63) is 96.1 Å². The van der Waals surface area contributed by atoms with E-state index in [1.54, 1.807) is 30.2 Å². The Labute approximate surface area is 301 Å². The van der Waals surface area contributed by atoms with E-state index in [-0.39, 0.29) is 30.6 Å². The number of aliphatic hydroxyl groups is 1. The number of nitrogens with zero attached hydrogens (tertiary/aromatic N) is 2. The summed E-state index contributed by atoms with van der Waals surface area (Å²) in [4.78, 5) is 31.7. The lowest BCUT2D eigenvalue weighted by atomic mass is 10.0. The third-order valence-corrected chi connectivity index (χ3v) is 9.45. The molecule has 0 spiro atoms. The number of anilines is 2. The highest BCUT2D eigenvalue weighted by Gasteiger charge is 2.30. The summed E-state index contributed by atoms with van der Waals surface area (Å²) in [5.74, 6) is 0.923. The van der Waals surface area contributed by atoms with Crippen molar-refractivity contribution < 1.29 is 28.9 Å². The van der Waals surface area contributed by atoms with Crippen LogP contribution in [0.3, 0.4) is 0 Å². The number of nitrogens with one attached hydrogen (secondary N) is 2. The van der Waals surface area contributed by atoms with E-state index in [0.29, 0.717) is 42.4 Å². The van der Waals surface area contributed by atoms with E-state index in [0.717, 1.165) is 42.3 Å². The molecule has 0 bridgehead atoms. The number of hydrogen-bond donors (Lipinski definition) is 3. The lowest BCUT2D eigenvalue weighted by molar-refractivity contribution is -0.0177. The van der Waals surface area contributed by atoms with Crippen LogP contribution < -0.4 is 20.1 Å². The van der Waals surface area contributed by atoms with Gasteiger partial charge in [-0.05, 0) is 87.5 Å². The van der Waals surface area contributed by atoms with E-state index in [4.69, 9.17) is 14.2 Å². The fourth-order valence-corrected chi connectivity index (χ4v) is 6.50. The van der Waals surface area contributed by atoms with Crippen molar-refractivity contribution in [2.75, 3.05) is 51.1 Å². The zero-order chi connectivity index (χ0) is 36.3. The highest BCUT2D eigenvalue weighted by atomic mass is 16.5. The standard InChI is InChI=1S/C41H52N4O6/c1-28-24-45(29(2)27-46)40(47)36-23-33(42-41(48)43-37-15-10-13-32-12-6-7-14-35(32)37)18-21-38(36)51-30(3)11-8-9-22-50-39(28)26-44(4)25-31-16-19-34(49-5)20-17-31/h6-7,10,12-21,23,28-30,39,46H,8-9,11,22,24-27H2,1-5H3,(H2,42,43,48)/t28-,29+,30-,39+/m1/s1. The number of carbonyl (C=O) groups excluding carboxylic acids is 2. The predicted octanol–water partition coefficient (Wildman–Crippen LogP) is 7.42. The minimum atomic E-state index is -0.470. The molecule has 272 valence electrons. The third-order valence-electron chi connectivity index (χ3n) is 9.45. The van der Waals surface area contributed by atoms with Gasteiger partial charge in [0.05, 0.1) is 43.2 Å². The quantitative estimate of drug-likeness (QED) is 0.167. The van der Waals surface area contributed by atoms with Gasteiger partial charge in [-0.2, -0.15) is 0 Å². The SMILES string of the molecule is COc1ccc(CN(C)C[C@@H]2OCCCC[C@@H](C)Oc3ccc(NC(=O)Nc4cccc5ccccc45)cc3C(=O)N([C@@H](C)CO)C[C@H]2C)cc1. The van der Waals surface area contributed by atoms with Gasteiger partial charge in [0.1, 0.15) is 11.5 Å². The first-order valence-electron chi connectivity index (χ1n) is 17.9. The van der Waals surface area contributed by atoms with E-state index >= 15 is 0 Å². The van der Waals surface area contributed by atoms with Crippen LogP contribution in [0, 0.1) is 5.92 Å². The van der Waals surface area contributed by atoms with E-state index in [9.17, 15) is 14.7 Å². The molecule has 0 radical (unpaired) electrons. The molecule has 4 aromatic carbocycles. The van der Waals surface area contributed by atoms with Crippen LogP contribution in [0.2, 0.25) is 0 Å². The number of fused-ring (bicyclic) bond motifs is 2. The number of urea groups is 1. The third kappa shape index (κ3) is 10.2. The summed E-state index contributed by atoms with van der Waals surface area (Å²) in [7, 11) is 3.74. The van der Waals surface area contributed by atoms with Gasteiger partial charge < -0.3 is 34.9 Å². The second-order valence-corrected chi connectivity index (χ2v) is 13.7. The number of amides is 3. The molecule has 4 atom stereocenters. The molecule has 1 heterocycles. The number of ether oxygens (including phenoxy) is 3. The normalized spacial score (nSPS) is 19.5. The summed E-state index contributed by atoms with van der Waals surface area (Å²) < 4.78 is 18.2. The minimum absolute atomic E-state index is 0.0553. The van der Waals surface area contributed by atoms with Gasteiger partial charge in [0.2, 0.25) is 0 Å². The first-order chi connectivity index (χ1) is 24.6. The molecular weight excluding hydrogens is 644 g/mol. The number of rotatable bonds is 9. The van der Waals surface area contributed by atoms with Gasteiger partial charge in [-0.25, -0.2) is 4.79 Å². The summed E-state index contributed by atoms with van der Waals surface area (Å²) in [5, 5.41) is 18.1. The Hall–Kier alpha value is -4.64. The van der Waals surface area contributed by atoms with Crippen molar-refractivity contribution in [2.24, 2.45) is 5.92 Å². The first-order valence-corrected chi connectivity index (χ1v) is 17.9. The Morgan fingerprint density at radius 3 is 2.55 bits per heavy atom. The zero-order valence-electron chi connectivity index (χ0n) is 30.4. The molecular formula is C41H52N4O6. The highest BCUT2D eigenvalue weighted by Crippen LogP contribution is 2.29. The van der Waals surface area contributed by atoms with Crippen LogP contribution in [-0.4, -0.2) is 85.6 Å². The largest absolute Gasteiger partial charge is 0.497 e. The first kappa shape index (κ1) is 37.6. The van der Waals surface area contributed by atoms with Gasteiger partial charge in [-0.15, -0.1) is 0 Å². The summed E-state index contributed by atoms with van der Waals surface area (Å²) in [5.41, 5.74) is 2.62. The van der Waals surface area contributed by atoms with Gasteiger partial charge in [0, 0.05) is 43.2 Å². The lowest BCUT2D eigenvalue weighted by Gasteiger charge is -2.36. The maximum Gasteiger partial charge on any atom is 0.323 e. The van der Waals surface area contributed by atoms with Crippen LogP contribution in [0.5, 0.6) is 11.5 Å². The number of carbonyl (C=O) groups is 2. The molecule has 3 amide bonds. The zero-order valence-corrected chi connectivity index (χ0v) is 30.4. The smallest absolute Gasteiger partial charge is 0.323 e. The maximum atomic E-state index is 14.5. The van der Waals surface area contributed by atoms with Crippen molar-refractivity contribution in [2.45, 2.75) is 64.8 Å². The van der Waals surface area contributed by atoms with Crippen molar-refractivity contribution in [1.82, 2.24) is 9.80 Å². The molecule has 0 saturated heterocycles. The molecule has 3 N–H and O–H groups in total. The van der Waals surface area contributed by atoms with Crippen LogP contribution >= 0.6 is 0 Å². The van der Waals surface area contributed by atoms with Crippen LogP contribution in [0.25, 0.3) is 10.8 Å². The maximum absolute atomic E-state index is 14.5. The second-order valence-electron chi connectivity index (χ2n) is 13.7. The Kier molecular flexibility index (Phi) is 13.3. The average molecular weight is 697 g/mol. The molecule has 0 aliphatic carbocycles. The Morgan fingerprint density at radius 1 is 1.02 bits per heavy atom. The molecule has 0 saturated carbocycles. The summed E-state index contributed by atoms with van der Waals surface area (Å²) >= 11 is 0. The minimum Gasteiger partial charge on any atom is -0.497 e. The average Bonchev–Trinajstić information content (AvgIpc) is 3.13. The van der Waals surface area contributed by atoms with E-state index < -0.39 is 12.1 Å². The molecule has 0 unspecified atom stereocenters. The van der Waals surface area contributed by atoms with Gasteiger partial charge in [0.25, 0.3) is 5.91 Å². The van der Waals surface area contributed by atoms with Crippen molar-refractivity contribution in [3.63, 3.8) is 0 Å². The van der Waals surface area contributed by atoms with Crippen molar-refractivity contribution in [1.29, 1.82) is 0 Å². The molecule has 10 nitrogen and oxygen atoms in total. The summed E-state index contributed by atoms with van der Waals surface area (Å²) in [6, 6.07) is 25.9. The van der Waals surface area contributed by atoms with E-state index in [1.165, 1.54) is 5.56 Å². The Balaban J connectivity index is 1.37. The molecule has 51 heavy (non-hydrogen) atoms. The molecule has 4 aromatic rings. The van der Waals surface area contributed by atoms with Gasteiger partial charge in [-0.1, -0.05) is 55.5 Å². The molecule has 0 fully saturated rings. The van der Waals surface area contributed by atoms with Crippen LogP contribution in [-0.2, 0) is 11.3 Å². The van der Waals surface area contributed by atoms with Crippen LogP contribution in [0.15, 0.2) is 84.9 Å². The molecule has 10 heteroatoms. The van der Waals surface area contributed by atoms with Gasteiger partial charge >= 0.3 is 6.03 Å². The molecule has 5 rings (SSSR count). The number of likely N-dealkylation sites (N-methyl/N-ethyl adjacent to an activating group) is 1. The lowest BCUT2D eigenvalue weighted by Crippen LogP contribution is -2.47. The van der Waals surface area contributed by atoms with Crippen molar-refractivity contribution in [3.8, 4) is 11.5 Å². The topological polar surface area (TPSA) is 113 Å². The summed E-state index contributed by atoms with van der Waals surface area (Å²) in [6.45, 7) is 8.08. The van der Waals surface area contributed by atoms with Gasteiger partial charge in [-0.3, -0.25) is 9.69 Å². The monoisotopic (exact) mass is 696 g/mol. The fourth-order valence-electron chi connectivity index (χ4n) is 6.50. The molecule has 1 aliphatic heterocycles. The number of aliphatic hydroxyl groups excluding tert-OH is 1. The Bertz CT molecular complexity index is 1740. The van der Waals surface area contributed by atoms with Crippen LogP contribution in [0.1, 0.15) is 56.0 Å². The van der Waals surface area contributed by atoms with E-state index in [1.807, 2.05) is 68.4 Å². The van der Waals surface area contributed by atoms with Gasteiger partial charge in [0.15, 0.2) is 0 Å². The predicted molar refractivity (Wildman–Crippen MR) is 203 cm³/mol. The summed E-state index contributed by atoms with van der Waals surface area (Å²) in [6.07, 6.45) is 2.28. The van der Waals surface area contributed by atoms with Crippen molar-refractivity contribution >= 4 is 34.1 Å². The fraction of sp³-hybridized carbons (Fsp3) is 0.415. The second kappa shape index (κ2) is 18.0. The Morgan fingerprint density at radius 2 is 1.78 bits per heavy atom. The number of hydrogen-bond acceptors (Lipinski definition) is 7. The molecule has 1 aliphatic rings. The van der Waals surface area contributed by atoms with Crippen LogP contribution in [0.4, 0.5) is 16.2 Å². The number of methoxy groups -OCH3 is 1. The number of benzene rings is 4. The van der Waals surface area contributed by atoms with E-state index in [2.05, 4.69) is 41.6 Å². The highest BCUT2D eigenvalue weighted by molar-refractivity contribution is 6.07. The molecule has 0 aromatic heterocycles.